The summed E-state index contributed by atoms with van der Waals surface area (Å²) in [7, 11) is 2.20. The molecule has 0 amide bonds. The molecular formula is C26H33N5O. The third kappa shape index (κ3) is 3.60. The first-order chi connectivity index (χ1) is 15.7. The fourth-order valence-electron chi connectivity index (χ4n) is 5.72. The molecule has 168 valence electrons. The third-order valence-electron chi connectivity index (χ3n) is 7.71. The lowest BCUT2D eigenvalue weighted by Crippen LogP contribution is -2.47. The Balaban J connectivity index is 1.14. The Kier molecular flexibility index (Phi) is 5.17. The second kappa shape index (κ2) is 8.18. The number of fused-ring (bicyclic) bond motifs is 4. The first kappa shape index (κ1) is 20.2. The van der Waals surface area contributed by atoms with Gasteiger partial charge in [0, 0.05) is 62.9 Å². The van der Waals surface area contributed by atoms with Gasteiger partial charge in [-0.3, -0.25) is 4.90 Å². The molecule has 1 N–H and O–H groups in total. The molecule has 2 fully saturated rings. The number of aromatic amines is 1. The Bertz CT molecular complexity index is 1080. The van der Waals surface area contributed by atoms with Gasteiger partial charge in [-0.25, -0.2) is 4.98 Å². The van der Waals surface area contributed by atoms with Gasteiger partial charge in [-0.05, 0) is 49.6 Å². The summed E-state index contributed by atoms with van der Waals surface area (Å²) in [6.07, 6.45) is 5.07. The molecule has 32 heavy (non-hydrogen) atoms. The molecule has 5 heterocycles. The summed E-state index contributed by atoms with van der Waals surface area (Å²) < 4.78 is 6.47. The van der Waals surface area contributed by atoms with Crippen molar-refractivity contribution in [3.05, 3.63) is 59.4 Å². The predicted octanol–water partition coefficient (Wildman–Crippen LogP) is 3.38. The number of piperazine rings is 1. The van der Waals surface area contributed by atoms with Gasteiger partial charge < -0.3 is 19.5 Å². The number of likely N-dealkylation sites (N-methyl/N-ethyl adjacent to an activating group) is 1. The van der Waals surface area contributed by atoms with E-state index in [-0.39, 0.29) is 5.60 Å². The number of piperidine rings is 1. The van der Waals surface area contributed by atoms with Crippen LogP contribution in [0.15, 0.2) is 42.6 Å². The van der Waals surface area contributed by atoms with Crippen molar-refractivity contribution >= 4 is 16.7 Å². The topological polar surface area (TPSA) is 47.6 Å². The van der Waals surface area contributed by atoms with Crippen LogP contribution in [0.5, 0.6) is 0 Å². The third-order valence-corrected chi connectivity index (χ3v) is 7.71. The molecule has 0 aliphatic carbocycles. The van der Waals surface area contributed by atoms with E-state index < -0.39 is 0 Å². The summed E-state index contributed by atoms with van der Waals surface area (Å²) in [6, 6.07) is 13.1. The van der Waals surface area contributed by atoms with Crippen LogP contribution in [-0.4, -0.2) is 72.7 Å². The van der Waals surface area contributed by atoms with Crippen LogP contribution in [-0.2, 0) is 23.3 Å². The molecule has 0 unspecified atom stereocenters. The second-order valence-electron chi connectivity index (χ2n) is 9.71. The Hall–Kier alpha value is -2.41. The van der Waals surface area contributed by atoms with E-state index in [1.165, 1.54) is 27.7 Å². The number of ether oxygens (including phenoxy) is 1. The van der Waals surface area contributed by atoms with Gasteiger partial charge in [0.15, 0.2) is 0 Å². The van der Waals surface area contributed by atoms with Crippen LogP contribution in [0.1, 0.15) is 29.7 Å². The van der Waals surface area contributed by atoms with E-state index in [0.29, 0.717) is 0 Å². The van der Waals surface area contributed by atoms with Gasteiger partial charge in [0.2, 0.25) is 0 Å². The lowest BCUT2D eigenvalue weighted by atomic mass is 9.83. The predicted molar refractivity (Wildman–Crippen MR) is 128 cm³/mol. The maximum Gasteiger partial charge on any atom is 0.128 e. The van der Waals surface area contributed by atoms with Gasteiger partial charge in [-0.15, -0.1) is 0 Å². The normalized spacial score (nSPS) is 21.8. The van der Waals surface area contributed by atoms with Crippen LogP contribution < -0.4 is 4.90 Å². The molecule has 1 spiro atoms. The first-order valence-corrected chi connectivity index (χ1v) is 12.0. The van der Waals surface area contributed by atoms with Crippen molar-refractivity contribution in [1.82, 2.24) is 19.8 Å². The minimum atomic E-state index is -0.176. The van der Waals surface area contributed by atoms with Crippen molar-refractivity contribution in [2.75, 3.05) is 57.8 Å². The Labute approximate surface area is 190 Å². The zero-order chi connectivity index (χ0) is 21.5. The minimum absolute atomic E-state index is 0.176. The summed E-state index contributed by atoms with van der Waals surface area (Å²) in [5.74, 6) is 1.09. The molecule has 1 aromatic carbocycles. The Morgan fingerprint density at radius 2 is 1.81 bits per heavy atom. The molecule has 6 rings (SSSR count). The van der Waals surface area contributed by atoms with Crippen LogP contribution in [0.2, 0.25) is 0 Å². The molecule has 0 atom stereocenters. The van der Waals surface area contributed by atoms with Crippen molar-refractivity contribution in [2.45, 2.75) is 31.4 Å². The second-order valence-corrected chi connectivity index (χ2v) is 9.71. The van der Waals surface area contributed by atoms with Crippen molar-refractivity contribution in [1.29, 1.82) is 0 Å². The highest BCUT2D eigenvalue weighted by atomic mass is 16.5. The van der Waals surface area contributed by atoms with E-state index in [0.717, 1.165) is 77.5 Å². The molecule has 6 heteroatoms. The van der Waals surface area contributed by atoms with Crippen LogP contribution in [0.3, 0.4) is 0 Å². The van der Waals surface area contributed by atoms with E-state index in [2.05, 4.69) is 69.3 Å². The number of benzene rings is 1. The van der Waals surface area contributed by atoms with Crippen molar-refractivity contribution in [2.24, 2.45) is 0 Å². The van der Waals surface area contributed by atoms with Crippen molar-refractivity contribution in [3.63, 3.8) is 0 Å². The largest absolute Gasteiger partial charge is 0.368 e. The fraction of sp³-hybridized carbons (Fsp3) is 0.500. The summed E-state index contributed by atoms with van der Waals surface area (Å²) in [6.45, 7) is 8.35. The highest BCUT2D eigenvalue weighted by molar-refractivity contribution is 5.85. The maximum absolute atomic E-state index is 6.47. The molecular weight excluding hydrogens is 398 g/mol. The number of nitrogens with one attached hydrogen (secondary N) is 1. The number of hydrogen-bond acceptors (Lipinski definition) is 5. The van der Waals surface area contributed by atoms with Crippen LogP contribution >= 0.6 is 0 Å². The molecule has 2 saturated heterocycles. The van der Waals surface area contributed by atoms with E-state index in [9.17, 15) is 0 Å². The van der Waals surface area contributed by atoms with Crippen LogP contribution in [0, 0.1) is 0 Å². The average molecular weight is 432 g/mol. The molecule has 0 radical (unpaired) electrons. The Morgan fingerprint density at radius 3 is 2.59 bits per heavy atom. The van der Waals surface area contributed by atoms with Gasteiger partial charge >= 0.3 is 0 Å². The zero-order valence-electron chi connectivity index (χ0n) is 19.0. The Morgan fingerprint density at radius 1 is 1.00 bits per heavy atom. The van der Waals surface area contributed by atoms with Crippen LogP contribution in [0.25, 0.3) is 10.9 Å². The molecule has 0 saturated carbocycles. The van der Waals surface area contributed by atoms with Crippen LogP contribution in [0.4, 0.5) is 5.82 Å². The van der Waals surface area contributed by atoms with Gasteiger partial charge in [0.1, 0.15) is 11.4 Å². The quantitative estimate of drug-likeness (QED) is 0.689. The monoisotopic (exact) mass is 431 g/mol. The van der Waals surface area contributed by atoms with Gasteiger partial charge in [-0.2, -0.15) is 0 Å². The van der Waals surface area contributed by atoms with Gasteiger partial charge in [0.05, 0.1) is 12.3 Å². The van der Waals surface area contributed by atoms with Gasteiger partial charge in [-0.1, -0.05) is 24.3 Å². The number of rotatable bonds is 3. The number of anilines is 1. The van der Waals surface area contributed by atoms with Crippen molar-refractivity contribution in [3.8, 4) is 0 Å². The fourth-order valence-corrected chi connectivity index (χ4v) is 5.72. The average Bonchev–Trinajstić information content (AvgIpc) is 3.22. The summed E-state index contributed by atoms with van der Waals surface area (Å²) >= 11 is 0. The highest BCUT2D eigenvalue weighted by Crippen LogP contribution is 2.43. The summed E-state index contributed by atoms with van der Waals surface area (Å²) in [4.78, 5) is 15.9. The molecule has 3 aromatic rings. The molecule has 6 nitrogen and oxygen atoms in total. The summed E-state index contributed by atoms with van der Waals surface area (Å²) in [5, 5.41) is 1.37. The number of nitrogens with zero attached hydrogens (tertiary/aromatic N) is 4. The standard InChI is InChI=1S/C26H33N5O/c1-29-13-15-30(16-14-29)19-20-6-7-24(27-18-20)31-11-9-26(10-12-31)25-22(8-17-32-26)21-4-2-3-5-23(21)28-25/h2-7,18,28H,8-17,19H2,1H3. The van der Waals surface area contributed by atoms with E-state index in [1.54, 1.807) is 0 Å². The molecule has 3 aliphatic heterocycles. The van der Waals surface area contributed by atoms with Crippen molar-refractivity contribution < 1.29 is 4.74 Å². The summed E-state index contributed by atoms with van der Waals surface area (Å²) in [5.41, 5.74) is 5.16. The van der Waals surface area contributed by atoms with E-state index in [4.69, 9.17) is 9.72 Å². The molecule has 3 aliphatic rings. The lowest BCUT2D eigenvalue weighted by Gasteiger charge is -2.44. The molecule has 2 aromatic heterocycles. The highest BCUT2D eigenvalue weighted by Gasteiger charge is 2.42. The lowest BCUT2D eigenvalue weighted by molar-refractivity contribution is -0.0791. The maximum atomic E-state index is 6.47. The number of pyridine rings is 1. The van der Waals surface area contributed by atoms with E-state index >= 15 is 0 Å². The zero-order valence-corrected chi connectivity index (χ0v) is 19.0. The van der Waals surface area contributed by atoms with Gasteiger partial charge in [0.25, 0.3) is 0 Å². The smallest absolute Gasteiger partial charge is 0.128 e. The first-order valence-electron chi connectivity index (χ1n) is 12.0. The number of para-hydroxylation sites is 1. The van der Waals surface area contributed by atoms with E-state index in [1.807, 2.05) is 0 Å². The number of hydrogen-bond donors (Lipinski definition) is 1. The molecule has 0 bridgehead atoms. The minimum Gasteiger partial charge on any atom is -0.368 e. The number of H-pyrrole nitrogens is 1. The number of aromatic nitrogens is 2. The SMILES string of the molecule is CN1CCN(Cc2ccc(N3CCC4(CC3)OCCc3c4[nH]c4ccccc34)nc2)CC1.